The molecule has 1 saturated heterocycles. The molecule has 0 radical (unpaired) electrons. The summed E-state index contributed by atoms with van der Waals surface area (Å²) in [4.78, 5) is 22.8. The van der Waals surface area contributed by atoms with Gasteiger partial charge in [-0.2, -0.15) is 0 Å². The number of anilines is 1. The number of benzene rings is 1. The minimum absolute atomic E-state index is 0.158. The topological polar surface area (TPSA) is 78.4 Å². The molecule has 17 heavy (non-hydrogen) atoms. The fraction of sp³-hybridized carbons (Fsp3) is 0.273. The molecule has 1 aliphatic rings. The van der Waals surface area contributed by atoms with Gasteiger partial charge in [0.15, 0.2) is 0 Å². The Hall–Kier alpha value is -1.69. The van der Waals surface area contributed by atoms with Crippen molar-refractivity contribution in [1.82, 2.24) is 5.32 Å². The highest BCUT2D eigenvalue weighted by molar-refractivity contribution is 8.14. The number of phenolic OH excluding ortho intramolecular Hbond substituents is 1. The van der Waals surface area contributed by atoms with Gasteiger partial charge in [0.25, 0.3) is 5.24 Å². The van der Waals surface area contributed by atoms with Crippen molar-refractivity contribution < 1.29 is 14.7 Å². The van der Waals surface area contributed by atoms with Crippen molar-refractivity contribution in [3.63, 3.8) is 0 Å². The van der Waals surface area contributed by atoms with E-state index < -0.39 is 6.04 Å². The van der Waals surface area contributed by atoms with Crippen LogP contribution in [-0.2, 0) is 4.79 Å². The number of aromatic hydroxyl groups is 1. The average molecular weight is 252 g/mol. The number of hydrogen-bond donors (Lipinski definition) is 3. The quantitative estimate of drug-likeness (QED) is 0.696. The largest absolute Gasteiger partial charge is 0.508 e. The second-order valence-electron chi connectivity index (χ2n) is 3.78. The van der Waals surface area contributed by atoms with Crippen LogP contribution in [0.5, 0.6) is 5.75 Å². The van der Waals surface area contributed by atoms with E-state index in [-0.39, 0.29) is 16.9 Å². The molecule has 2 amide bonds. The maximum atomic E-state index is 11.8. The normalized spacial score (nSPS) is 18.9. The summed E-state index contributed by atoms with van der Waals surface area (Å²) in [6, 6.07) is 4.22. The van der Waals surface area contributed by atoms with Crippen LogP contribution in [0.15, 0.2) is 18.2 Å². The first kappa shape index (κ1) is 11.8. The van der Waals surface area contributed by atoms with Gasteiger partial charge in [-0.3, -0.25) is 9.59 Å². The molecule has 1 aromatic rings. The van der Waals surface area contributed by atoms with Crippen molar-refractivity contribution in [2.75, 3.05) is 11.1 Å². The number of hydrogen-bond acceptors (Lipinski definition) is 4. The minimum atomic E-state index is -0.485. The van der Waals surface area contributed by atoms with Crippen molar-refractivity contribution in [2.24, 2.45) is 0 Å². The van der Waals surface area contributed by atoms with E-state index >= 15 is 0 Å². The van der Waals surface area contributed by atoms with Crippen LogP contribution < -0.4 is 10.6 Å². The van der Waals surface area contributed by atoms with E-state index in [1.165, 1.54) is 6.07 Å². The summed E-state index contributed by atoms with van der Waals surface area (Å²) < 4.78 is 0. The molecule has 90 valence electrons. The summed E-state index contributed by atoms with van der Waals surface area (Å²) in [5.41, 5.74) is 1.41. The average Bonchev–Trinajstić information content (AvgIpc) is 2.69. The van der Waals surface area contributed by atoms with Crippen LogP contribution in [0.1, 0.15) is 5.56 Å². The maximum absolute atomic E-state index is 11.8. The number of aryl methyl sites for hydroxylation is 1. The monoisotopic (exact) mass is 252 g/mol. The van der Waals surface area contributed by atoms with Gasteiger partial charge in [0.1, 0.15) is 11.8 Å². The van der Waals surface area contributed by atoms with E-state index in [2.05, 4.69) is 10.6 Å². The zero-order chi connectivity index (χ0) is 12.4. The molecule has 5 nitrogen and oxygen atoms in total. The molecule has 1 unspecified atom stereocenters. The second-order valence-corrected chi connectivity index (χ2v) is 4.78. The van der Waals surface area contributed by atoms with Crippen LogP contribution in [0.2, 0.25) is 0 Å². The lowest BCUT2D eigenvalue weighted by Gasteiger charge is -2.12. The maximum Gasteiger partial charge on any atom is 0.279 e. The molecule has 1 fully saturated rings. The zero-order valence-corrected chi connectivity index (χ0v) is 10.0. The first-order chi connectivity index (χ1) is 8.06. The summed E-state index contributed by atoms with van der Waals surface area (Å²) in [5, 5.41) is 14.4. The van der Waals surface area contributed by atoms with E-state index in [0.717, 1.165) is 17.3 Å². The van der Waals surface area contributed by atoms with Gasteiger partial charge in [0.2, 0.25) is 5.91 Å². The first-order valence-corrected chi connectivity index (χ1v) is 6.08. The van der Waals surface area contributed by atoms with Crippen molar-refractivity contribution in [3.05, 3.63) is 23.8 Å². The van der Waals surface area contributed by atoms with Crippen LogP contribution in [0, 0.1) is 6.92 Å². The molecule has 1 aromatic carbocycles. The second kappa shape index (κ2) is 4.67. The van der Waals surface area contributed by atoms with Crippen LogP contribution in [0.3, 0.4) is 0 Å². The van der Waals surface area contributed by atoms with Gasteiger partial charge in [-0.15, -0.1) is 0 Å². The summed E-state index contributed by atoms with van der Waals surface area (Å²) in [6.45, 7) is 1.79. The van der Waals surface area contributed by atoms with Gasteiger partial charge in [-0.25, -0.2) is 0 Å². The molecule has 1 atom stereocenters. The molecule has 0 spiro atoms. The van der Waals surface area contributed by atoms with E-state index in [9.17, 15) is 14.7 Å². The third kappa shape index (κ3) is 2.71. The van der Waals surface area contributed by atoms with Gasteiger partial charge in [0, 0.05) is 11.4 Å². The lowest BCUT2D eigenvalue weighted by Crippen LogP contribution is -2.38. The number of phenols is 1. The Labute approximate surface area is 103 Å². The fourth-order valence-corrected chi connectivity index (χ4v) is 2.31. The molecule has 0 aliphatic carbocycles. The Balaban J connectivity index is 2.05. The number of rotatable bonds is 2. The molecule has 0 saturated carbocycles. The lowest BCUT2D eigenvalue weighted by atomic mass is 10.2. The number of nitrogens with one attached hydrogen (secondary N) is 2. The smallest absolute Gasteiger partial charge is 0.279 e. The van der Waals surface area contributed by atoms with Gasteiger partial charge in [-0.05, 0) is 30.7 Å². The molecule has 6 heteroatoms. The van der Waals surface area contributed by atoms with Crippen molar-refractivity contribution >= 4 is 28.6 Å². The lowest BCUT2D eigenvalue weighted by molar-refractivity contribution is -0.117. The Morgan fingerprint density at radius 1 is 1.59 bits per heavy atom. The highest BCUT2D eigenvalue weighted by Gasteiger charge is 2.28. The molecule has 2 rings (SSSR count). The Kier molecular flexibility index (Phi) is 3.23. The molecule has 0 bridgehead atoms. The molecular formula is C11H12N2O3S. The fourth-order valence-electron chi connectivity index (χ4n) is 1.53. The number of carbonyl (C=O) groups is 2. The summed E-state index contributed by atoms with van der Waals surface area (Å²) in [5.74, 6) is 0.365. The third-order valence-electron chi connectivity index (χ3n) is 2.46. The summed E-state index contributed by atoms with van der Waals surface area (Å²) >= 11 is 1.10. The summed E-state index contributed by atoms with van der Waals surface area (Å²) in [6.07, 6.45) is 0. The van der Waals surface area contributed by atoms with E-state index in [0.29, 0.717) is 11.4 Å². The first-order valence-electron chi connectivity index (χ1n) is 5.10. The van der Waals surface area contributed by atoms with Crippen LogP contribution in [-0.4, -0.2) is 28.0 Å². The molecule has 1 heterocycles. The molecule has 1 aliphatic heterocycles. The highest BCUT2D eigenvalue weighted by atomic mass is 32.2. The van der Waals surface area contributed by atoms with Crippen LogP contribution in [0.25, 0.3) is 0 Å². The summed E-state index contributed by atoms with van der Waals surface area (Å²) in [7, 11) is 0. The number of amides is 2. The van der Waals surface area contributed by atoms with Gasteiger partial charge in [-0.1, -0.05) is 11.8 Å². The van der Waals surface area contributed by atoms with E-state index in [4.69, 9.17) is 0 Å². The molecule has 3 N–H and O–H groups in total. The number of carbonyl (C=O) groups excluding carboxylic acids is 2. The Morgan fingerprint density at radius 2 is 2.35 bits per heavy atom. The minimum Gasteiger partial charge on any atom is -0.508 e. The van der Waals surface area contributed by atoms with Gasteiger partial charge < -0.3 is 15.7 Å². The SMILES string of the molecule is Cc1cc(O)ccc1NC(=O)C1CSC(=O)N1. The highest BCUT2D eigenvalue weighted by Crippen LogP contribution is 2.21. The van der Waals surface area contributed by atoms with Gasteiger partial charge >= 0.3 is 0 Å². The van der Waals surface area contributed by atoms with Crippen LogP contribution in [0.4, 0.5) is 10.5 Å². The van der Waals surface area contributed by atoms with Crippen molar-refractivity contribution in [1.29, 1.82) is 0 Å². The van der Waals surface area contributed by atoms with Crippen LogP contribution >= 0.6 is 11.8 Å². The van der Waals surface area contributed by atoms with Crippen molar-refractivity contribution in [2.45, 2.75) is 13.0 Å². The third-order valence-corrected chi connectivity index (χ3v) is 3.34. The predicted octanol–water partition coefficient (Wildman–Crippen LogP) is 1.46. The van der Waals surface area contributed by atoms with Crippen molar-refractivity contribution in [3.8, 4) is 5.75 Å². The standard InChI is InChI=1S/C11H12N2O3S/c1-6-4-7(14)2-3-8(6)12-10(15)9-5-17-11(16)13-9/h2-4,9,14H,5H2,1H3,(H,12,15)(H,13,16). The van der Waals surface area contributed by atoms with E-state index in [1.54, 1.807) is 19.1 Å². The Bertz CT molecular complexity index is 476. The molecular weight excluding hydrogens is 240 g/mol. The molecule has 0 aromatic heterocycles. The Morgan fingerprint density at radius 3 is 2.94 bits per heavy atom. The van der Waals surface area contributed by atoms with Gasteiger partial charge in [0.05, 0.1) is 0 Å². The zero-order valence-electron chi connectivity index (χ0n) is 9.19. The predicted molar refractivity (Wildman–Crippen MR) is 66.3 cm³/mol. The van der Waals surface area contributed by atoms with E-state index in [1.807, 2.05) is 0 Å². The number of thioether (sulfide) groups is 1.